The Hall–Kier alpha value is -1.79. The molecule has 0 aliphatic rings. The molecule has 0 spiro atoms. The molecule has 0 fully saturated rings. The molecule has 23 heavy (non-hydrogen) atoms. The fraction of sp³-hybridized carbons (Fsp3) is 0.400. The maximum atomic E-state index is 12.3. The van der Waals surface area contributed by atoms with Gasteiger partial charge in [0, 0.05) is 5.56 Å². The average molecular weight is 358 g/mol. The van der Waals surface area contributed by atoms with Gasteiger partial charge in [0.15, 0.2) is 5.75 Å². The van der Waals surface area contributed by atoms with Crippen molar-refractivity contribution >= 4 is 34.9 Å². The average Bonchev–Trinajstić information content (AvgIpc) is 2.97. The molecule has 2 rings (SSSR count). The van der Waals surface area contributed by atoms with E-state index in [1.54, 1.807) is 0 Å². The lowest BCUT2D eigenvalue weighted by atomic mass is 10.2. The number of aryl methyl sites for hydroxylation is 1. The van der Waals surface area contributed by atoms with Crippen LogP contribution in [0.1, 0.15) is 42.7 Å². The largest absolute Gasteiger partial charge is 0.490 e. The number of nitrogens with one attached hydrogen (secondary N) is 1. The molecule has 0 saturated carbocycles. The van der Waals surface area contributed by atoms with Crippen molar-refractivity contribution in [3.8, 4) is 5.75 Å². The predicted molar refractivity (Wildman–Crippen MR) is 88.5 cm³/mol. The van der Waals surface area contributed by atoms with Gasteiger partial charge in [-0.15, -0.1) is 0 Å². The normalized spacial score (nSPS) is 10.6. The molecule has 6 nitrogen and oxygen atoms in total. The zero-order chi connectivity index (χ0) is 16.8. The second kappa shape index (κ2) is 8.17. The Morgan fingerprint density at radius 1 is 1.26 bits per heavy atom. The van der Waals surface area contributed by atoms with E-state index in [2.05, 4.69) is 27.2 Å². The maximum absolute atomic E-state index is 12.3. The molecular formula is C15H17Cl2N3O3. The van der Waals surface area contributed by atoms with Crippen molar-refractivity contribution in [2.45, 2.75) is 33.1 Å². The van der Waals surface area contributed by atoms with Gasteiger partial charge in [0.25, 0.3) is 5.91 Å². The van der Waals surface area contributed by atoms with Gasteiger partial charge in [-0.2, -0.15) is 0 Å². The molecule has 0 radical (unpaired) electrons. The fourth-order valence-corrected chi connectivity index (χ4v) is 2.46. The van der Waals surface area contributed by atoms with Crippen LogP contribution >= 0.6 is 23.2 Å². The van der Waals surface area contributed by atoms with Crippen LogP contribution in [0.15, 0.2) is 16.8 Å². The lowest BCUT2D eigenvalue weighted by Gasteiger charge is -2.11. The number of carbonyl (C=O) groups is 1. The summed E-state index contributed by atoms with van der Waals surface area (Å²) in [5.41, 5.74) is 0.864. The number of amides is 1. The van der Waals surface area contributed by atoms with E-state index in [1.807, 2.05) is 6.92 Å². The van der Waals surface area contributed by atoms with Gasteiger partial charge in [-0.05, 0) is 30.1 Å². The first-order chi connectivity index (χ1) is 11.1. The van der Waals surface area contributed by atoms with E-state index in [0.29, 0.717) is 30.0 Å². The van der Waals surface area contributed by atoms with E-state index in [4.69, 9.17) is 27.9 Å². The van der Waals surface area contributed by atoms with E-state index in [9.17, 15) is 4.79 Å². The molecule has 0 bridgehead atoms. The minimum atomic E-state index is -0.403. The molecule has 1 aromatic heterocycles. The standard InChI is InChI=1S/C15H17Cl2N3O3/c1-3-5-6-22-13-10(16)7-9(8-11(13)17)15(21)18-14-12(4-2)19-23-20-14/h7-8H,3-6H2,1-2H3,(H,18,20,21). The molecule has 0 atom stereocenters. The van der Waals surface area contributed by atoms with Gasteiger partial charge in [-0.1, -0.05) is 48.6 Å². The molecule has 0 saturated heterocycles. The molecule has 0 unspecified atom stereocenters. The highest BCUT2D eigenvalue weighted by Crippen LogP contribution is 2.34. The predicted octanol–water partition coefficient (Wildman–Crippen LogP) is 4.37. The Balaban J connectivity index is 2.15. The summed E-state index contributed by atoms with van der Waals surface area (Å²) in [6, 6.07) is 3.01. The number of unbranched alkanes of at least 4 members (excludes halogenated alkanes) is 1. The molecular weight excluding hydrogens is 341 g/mol. The smallest absolute Gasteiger partial charge is 0.257 e. The van der Waals surface area contributed by atoms with Gasteiger partial charge in [0.2, 0.25) is 5.82 Å². The van der Waals surface area contributed by atoms with E-state index >= 15 is 0 Å². The molecule has 1 N–H and O–H groups in total. The number of anilines is 1. The molecule has 2 aromatic rings. The molecule has 124 valence electrons. The van der Waals surface area contributed by atoms with Crippen LogP contribution in [0.3, 0.4) is 0 Å². The van der Waals surface area contributed by atoms with E-state index in [0.717, 1.165) is 12.8 Å². The summed E-state index contributed by atoms with van der Waals surface area (Å²) in [7, 11) is 0. The third-order valence-electron chi connectivity index (χ3n) is 3.13. The zero-order valence-electron chi connectivity index (χ0n) is 12.9. The Labute approximate surface area is 144 Å². The first kappa shape index (κ1) is 17.6. The summed E-state index contributed by atoms with van der Waals surface area (Å²) >= 11 is 12.3. The van der Waals surface area contributed by atoms with Crippen LogP contribution in [0.25, 0.3) is 0 Å². The van der Waals surface area contributed by atoms with Gasteiger partial charge in [0.1, 0.15) is 5.69 Å². The van der Waals surface area contributed by atoms with Crippen molar-refractivity contribution in [3.05, 3.63) is 33.4 Å². The molecule has 0 aliphatic heterocycles. The summed E-state index contributed by atoms with van der Waals surface area (Å²) in [6.45, 7) is 4.46. The van der Waals surface area contributed by atoms with Crippen LogP contribution in [0.2, 0.25) is 10.0 Å². The highest BCUT2D eigenvalue weighted by molar-refractivity contribution is 6.37. The van der Waals surface area contributed by atoms with Gasteiger partial charge < -0.3 is 10.1 Å². The lowest BCUT2D eigenvalue weighted by molar-refractivity contribution is 0.102. The summed E-state index contributed by atoms with van der Waals surface area (Å²) in [4.78, 5) is 12.3. The number of hydrogen-bond donors (Lipinski definition) is 1. The van der Waals surface area contributed by atoms with Crippen LogP contribution in [-0.4, -0.2) is 22.8 Å². The van der Waals surface area contributed by atoms with Gasteiger partial charge in [0.05, 0.1) is 16.7 Å². The molecule has 0 aliphatic carbocycles. The van der Waals surface area contributed by atoms with Crippen molar-refractivity contribution in [1.82, 2.24) is 10.3 Å². The summed E-state index contributed by atoms with van der Waals surface area (Å²) in [5.74, 6) is 0.267. The number of halogens is 2. The zero-order valence-corrected chi connectivity index (χ0v) is 14.4. The SMILES string of the molecule is CCCCOc1c(Cl)cc(C(=O)Nc2nonc2CC)cc1Cl. The maximum Gasteiger partial charge on any atom is 0.257 e. The van der Waals surface area contributed by atoms with Crippen molar-refractivity contribution in [2.24, 2.45) is 0 Å². The highest BCUT2D eigenvalue weighted by Gasteiger charge is 2.17. The van der Waals surface area contributed by atoms with Crippen molar-refractivity contribution in [1.29, 1.82) is 0 Å². The van der Waals surface area contributed by atoms with Crippen LogP contribution < -0.4 is 10.1 Å². The lowest BCUT2D eigenvalue weighted by Crippen LogP contribution is -2.13. The van der Waals surface area contributed by atoms with E-state index < -0.39 is 5.91 Å². The molecule has 8 heteroatoms. The summed E-state index contributed by atoms with van der Waals surface area (Å²) < 4.78 is 10.2. The quantitative estimate of drug-likeness (QED) is 0.744. The number of rotatable bonds is 7. The second-order valence-corrected chi connectivity index (χ2v) is 5.65. The minimum Gasteiger partial charge on any atom is -0.490 e. The molecule has 1 aromatic carbocycles. The van der Waals surface area contributed by atoms with Crippen LogP contribution in [0.5, 0.6) is 5.75 Å². The first-order valence-corrected chi connectivity index (χ1v) is 8.07. The van der Waals surface area contributed by atoms with Gasteiger partial charge >= 0.3 is 0 Å². The third kappa shape index (κ3) is 4.36. The van der Waals surface area contributed by atoms with E-state index in [1.165, 1.54) is 12.1 Å². The van der Waals surface area contributed by atoms with E-state index in [-0.39, 0.29) is 15.9 Å². The summed E-state index contributed by atoms with van der Waals surface area (Å²) in [6.07, 6.45) is 2.49. The van der Waals surface area contributed by atoms with Crippen molar-refractivity contribution < 1.29 is 14.2 Å². The van der Waals surface area contributed by atoms with Crippen LogP contribution in [-0.2, 0) is 6.42 Å². The monoisotopic (exact) mass is 357 g/mol. The number of hydrogen-bond acceptors (Lipinski definition) is 5. The number of carbonyl (C=O) groups excluding carboxylic acids is 1. The Morgan fingerprint density at radius 3 is 2.57 bits per heavy atom. The van der Waals surface area contributed by atoms with Crippen molar-refractivity contribution in [3.63, 3.8) is 0 Å². The second-order valence-electron chi connectivity index (χ2n) is 4.84. The third-order valence-corrected chi connectivity index (χ3v) is 3.69. The van der Waals surface area contributed by atoms with Crippen LogP contribution in [0, 0.1) is 0 Å². The van der Waals surface area contributed by atoms with Crippen LogP contribution in [0.4, 0.5) is 5.82 Å². The Bertz CT molecular complexity index is 665. The number of aromatic nitrogens is 2. The minimum absolute atomic E-state index is 0.285. The fourth-order valence-electron chi connectivity index (χ4n) is 1.86. The number of nitrogens with zero attached hydrogens (tertiary/aromatic N) is 2. The molecule has 1 heterocycles. The topological polar surface area (TPSA) is 77.2 Å². The van der Waals surface area contributed by atoms with Gasteiger partial charge in [-0.3, -0.25) is 4.79 Å². The van der Waals surface area contributed by atoms with Gasteiger partial charge in [-0.25, -0.2) is 4.63 Å². The highest BCUT2D eigenvalue weighted by atomic mass is 35.5. The molecule has 1 amide bonds. The number of benzene rings is 1. The summed E-state index contributed by atoms with van der Waals surface area (Å²) in [5, 5.41) is 10.5. The Kier molecular flexibility index (Phi) is 6.24. The number of ether oxygens (including phenoxy) is 1. The first-order valence-electron chi connectivity index (χ1n) is 7.31. The van der Waals surface area contributed by atoms with Crippen molar-refractivity contribution in [2.75, 3.05) is 11.9 Å². The Morgan fingerprint density at radius 2 is 1.96 bits per heavy atom.